The molecule has 0 unspecified atom stereocenters. The third-order valence-electron chi connectivity index (χ3n) is 1.78. The Bertz CT molecular complexity index is 150. The summed E-state index contributed by atoms with van der Waals surface area (Å²) in [5.74, 6) is 4.86. The van der Waals surface area contributed by atoms with Gasteiger partial charge < -0.3 is 0 Å². The number of alkyl halides is 1. The van der Waals surface area contributed by atoms with Crippen molar-refractivity contribution in [2.24, 2.45) is 11.3 Å². The number of halogens is 1. The summed E-state index contributed by atoms with van der Waals surface area (Å²) in [7, 11) is 0. The molecule has 0 radical (unpaired) electrons. The van der Waals surface area contributed by atoms with Gasteiger partial charge >= 0.3 is 0 Å². The summed E-state index contributed by atoms with van der Waals surface area (Å²) in [6, 6.07) is 0. The van der Waals surface area contributed by atoms with Crippen molar-refractivity contribution in [3.8, 4) is 0 Å². The Morgan fingerprint density at radius 1 is 2.00 bits per heavy atom. The minimum absolute atomic E-state index is 0.0793. The first-order chi connectivity index (χ1) is 4.11. The number of carbonyl (C=O) groups is 1. The summed E-state index contributed by atoms with van der Waals surface area (Å²) in [5.41, 5.74) is 1.89. The molecule has 1 aliphatic rings. The van der Waals surface area contributed by atoms with Crippen molar-refractivity contribution >= 4 is 21.8 Å². The predicted octanol–water partition coefficient (Wildman–Crippen LogP) is 0.150. The monoisotopic (exact) mass is 192 g/mol. The molecule has 0 heterocycles. The van der Waals surface area contributed by atoms with E-state index in [1.165, 1.54) is 0 Å². The van der Waals surface area contributed by atoms with E-state index in [2.05, 4.69) is 21.4 Å². The Morgan fingerprint density at radius 2 is 2.44 bits per heavy atom. The van der Waals surface area contributed by atoms with E-state index >= 15 is 0 Å². The molecular formula is C5H9BrN2O. The smallest absolute Gasteiger partial charge is 0.240 e. The van der Waals surface area contributed by atoms with E-state index in [9.17, 15) is 4.79 Å². The highest BCUT2D eigenvalue weighted by Crippen LogP contribution is 2.50. The number of nitrogens with two attached hydrogens (primary N) is 1. The molecule has 52 valence electrons. The first-order valence-electron chi connectivity index (χ1n) is 2.76. The SMILES string of the molecule is C[C@]1(C(=O)NN)C[C@H]1Br. The van der Waals surface area contributed by atoms with Gasteiger partial charge in [0.15, 0.2) is 0 Å². The van der Waals surface area contributed by atoms with Crippen LogP contribution >= 0.6 is 15.9 Å². The lowest BCUT2D eigenvalue weighted by molar-refractivity contribution is -0.125. The molecule has 0 aromatic rings. The normalized spacial score (nSPS) is 40.1. The van der Waals surface area contributed by atoms with Crippen LogP contribution in [0.5, 0.6) is 0 Å². The van der Waals surface area contributed by atoms with Gasteiger partial charge in [-0.3, -0.25) is 10.2 Å². The molecule has 9 heavy (non-hydrogen) atoms. The standard InChI is InChI=1S/C5H9BrN2O/c1-5(2-3(5)6)4(9)8-7/h3H,2,7H2,1H3,(H,8,9)/t3-,5+/m1/s1. The van der Waals surface area contributed by atoms with Gasteiger partial charge in [0.05, 0.1) is 5.41 Å². The van der Waals surface area contributed by atoms with Crippen LogP contribution in [0.2, 0.25) is 0 Å². The van der Waals surface area contributed by atoms with Crippen LogP contribution in [0.4, 0.5) is 0 Å². The topological polar surface area (TPSA) is 55.1 Å². The molecule has 0 aromatic heterocycles. The summed E-state index contributed by atoms with van der Waals surface area (Å²) in [6.07, 6.45) is 0.885. The van der Waals surface area contributed by atoms with Gasteiger partial charge in [0.2, 0.25) is 5.91 Å². The summed E-state index contributed by atoms with van der Waals surface area (Å²) in [6.45, 7) is 1.88. The molecule has 1 amide bonds. The van der Waals surface area contributed by atoms with Crippen LogP contribution in [0, 0.1) is 5.41 Å². The molecule has 1 saturated carbocycles. The number of hydrazine groups is 1. The molecule has 4 heteroatoms. The molecule has 2 atom stereocenters. The van der Waals surface area contributed by atoms with Crippen LogP contribution < -0.4 is 11.3 Å². The summed E-state index contributed by atoms with van der Waals surface area (Å²) < 4.78 is 0. The fourth-order valence-electron chi connectivity index (χ4n) is 0.713. The zero-order valence-corrected chi connectivity index (χ0v) is 6.73. The van der Waals surface area contributed by atoms with Crippen LogP contribution in [0.3, 0.4) is 0 Å². The highest BCUT2D eigenvalue weighted by molar-refractivity contribution is 9.09. The van der Waals surface area contributed by atoms with Gasteiger partial charge in [0.1, 0.15) is 0 Å². The van der Waals surface area contributed by atoms with E-state index < -0.39 is 0 Å². The summed E-state index contributed by atoms with van der Waals surface area (Å²) >= 11 is 3.33. The molecule has 1 aliphatic carbocycles. The Kier molecular flexibility index (Phi) is 1.52. The van der Waals surface area contributed by atoms with Gasteiger partial charge in [-0.15, -0.1) is 0 Å². The second kappa shape index (κ2) is 1.95. The molecule has 3 N–H and O–H groups in total. The molecular weight excluding hydrogens is 184 g/mol. The molecule has 0 saturated heterocycles. The first-order valence-corrected chi connectivity index (χ1v) is 3.68. The zero-order chi connectivity index (χ0) is 7.07. The lowest BCUT2D eigenvalue weighted by atomic mass is 10.1. The minimum atomic E-state index is -0.241. The fraction of sp³-hybridized carbons (Fsp3) is 0.800. The summed E-state index contributed by atoms with van der Waals surface area (Å²) in [4.78, 5) is 11.2. The number of hydrogen-bond donors (Lipinski definition) is 2. The average molecular weight is 193 g/mol. The van der Waals surface area contributed by atoms with Crippen molar-refractivity contribution < 1.29 is 4.79 Å². The number of nitrogens with one attached hydrogen (secondary N) is 1. The number of amides is 1. The van der Waals surface area contributed by atoms with E-state index in [4.69, 9.17) is 5.84 Å². The first kappa shape index (κ1) is 7.02. The largest absolute Gasteiger partial charge is 0.294 e. The quantitative estimate of drug-likeness (QED) is 0.269. The van der Waals surface area contributed by atoms with Crippen LogP contribution in [-0.4, -0.2) is 10.7 Å². The molecule has 1 rings (SSSR count). The Morgan fingerprint density at radius 3 is 2.56 bits per heavy atom. The van der Waals surface area contributed by atoms with Crippen LogP contribution in [0.1, 0.15) is 13.3 Å². The lowest BCUT2D eigenvalue weighted by Gasteiger charge is -2.04. The second-order valence-corrected chi connectivity index (χ2v) is 3.67. The van der Waals surface area contributed by atoms with Crippen molar-refractivity contribution in [2.45, 2.75) is 18.2 Å². The van der Waals surface area contributed by atoms with Gasteiger partial charge in [-0.05, 0) is 13.3 Å². The van der Waals surface area contributed by atoms with Crippen molar-refractivity contribution in [1.29, 1.82) is 0 Å². The minimum Gasteiger partial charge on any atom is -0.294 e. The van der Waals surface area contributed by atoms with Crippen molar-refractivity contribution in [3.05, 3.63) is 0 Å². The second-order valence-electron chi connectivity index (χ2n) is 2.56. The Balaban J connectivity index is 2.53. The van der Waals surface area contributed by atoms with Crippen LogP contribution in [0.15, 0.2) is 0 Å². The van der Waals surface area contributed by atoms with Crippen molar-refractivity contribution in [2.75, 3.05) is 0 Å². The maximum Gasteiger partial charge on any atom is 0.240 e. The van der Waals surface area contributed by atoms with E-state index in [0.29, 0.717) is 4.83 Å². The third-order valence-corrected chi connectivity index (χ3v) is 3.12. The molecule has 1 fully saturated rings. The molecule has 0 aromatic carbocycles. The van der Waals surface area contributed by atoms with Crippen molar-refractivity contribution in [3.63, 3.8) is 0 Å². The molecule has 0 bridgehead atoms. The van der Waals surface area contributed by atoms with E-state index in [-0.39, 0.29) is 11.3 Å². The Labute approximate surface area is 62.1 Å². The zero-order valence-electron chi connectivity index (χ0n) is 5.15. The van der Waals surface area contributed by atoms with Crippen LogP contribution in [0.25, 0.3) is 0 Å². The average Bonchev–Trinajstić information content (AvgIpc) is 2.41. The number of hydrogen-bond acceptors (Lipinski definition) is 2. The molecule has 0 spiro atoms. The maximum atomic E-state index is 10.8. The van der Waals surface area contributed by atoms with E-state index in [0.717, 1.165) is 6.42 Å². The van der Waals surface area contributed by atoms with Crippen molar-refractivity contribution in [1.82, 2.24) is 5.43 Å². The van der Waals surface area contributed by atoms with Gasteiger partial charge in [0.25, 0.3) is 0 Å². The maximum absolute atomic E-state index is 10.8. The summed E-state index contributed by atoms with van der Waals surface area (Å²) in [5, 5.41) is 0. The number of carbonyl (C=O) groups excluding carboxylic acids is 1. The highest BCUT2D eigenvalue weighted by Gasteiger charge is 2.54. The van der Waals surface area contributed by atoms with Gasteiger partial charge in [-0.2, -0.15) is 0 Å². The third kappa shape index (κ3) is 0.966. The van der Waals surface area contributed by atoms with E-state index in [1.807, 2.05) is 6.92 Å². The van der Waals surface area contributed by atoms with Gasteiger partial charge in [-0.1, -0.05) is 15.9 Å². The predicted molar refractivity (Wildman–Crippen MR) is 37.8 cm³/mol. The fourth-order valence-corrected chi connectivity index (χ4v) is 1.59. The number of rotatable bonds is 1. The van der Waals surface area contributed by atoms with Crippen LogP contribution in [-0.2, 0) is 4.79 Å². The molecule has 3 nitrogen and oxygen atoms in total. The van der Waals surface area contributed by atoms with Gasteiger partial charge in [0, 0.05) is 4.83 Å². The Hall–Kier alpha value is -0.0900. The van der Waals surface area contributed by atoms with Gasteiger partial charge in [-0.25, -0.2) is 5.84 Å². The molecule has 0 aliphatic heterocycles. The highest BCUT2D eigenvalue weighted by atomic mass is 79.9. The van der Waals surface area contributed by atoms with E-state index in [1.54, 1.807) is 0 Å². The lowest BCUT2D eigenvalue weighted by Crippen LogP contribution is -2.36.